The summed E-state index contributed by atoms with van der Waals surface area (Å²) in [5.41, 5.74) is 0. The van der Waals surface area contributed by atoms with Crippen LogP contribution in [0, 0.1) is 0 Å². The molecule has 0 fully saturated rings. The van der Waals surface area contributed by atoms with Crippen LogP contribution in [0.15, 0.2) is 29.2 Å². The zero-order valence-electron chi connectivity index (χ0n) is 7.15. The van der Waals surface area contributed by atoms with Crippen molar-refractivity contribution >= 4 is 17.7 Å². The second-order valence-electron chi connectivity index (χ2n) is 2.31. The molecule has 0 N–H and O–H groups in total. The van der Waals surface area contributed by atoms with E-state index in [2.05, 4.69) is 4.74 Å². The fraction of sp³-hybridized carbons (Fsp3) is 0.222. The predicted octanol–water partition coefficient (Wildman–Crippen LogP) is 1.03. The number of para-hydroxylation sites is 1. The Morgan fingerprint density at radius 2 is 2.23 bits per heavy atom. The Morgan fingerprint density at radius 3 is 2.85 bits per heavy atom. The molecule has 0 saturated heterocycles. The van der Waals surface area contributed by atoms with E-state index in [-0.39, 0.29) is 17.5 Å². The number of hydrogen-bond donors (Lipinski definition) is 0. The van der Waals surface area contributed by atoms with Crippen LogP contribution in [0.4, 0.5) is 0 Å². The summed E-state index contributed by atoms with van der Waals surface area (Å²) < 4.78 is 4.45. The van der Waals surface area contributed by atoms with Crippen LogP contribution in [-0.2, 0) is 9.53 Å². The van der Waals surface area contributed by atoms with Crippen molar-refractivity contribution in [3.8, 4) is 5.75 Å². The average Bonchev–Trinajstić information content (AvgIpc) is 2.16. The highest BCUT2D eigenvalue weighted by Crippen LogP contribution is 2.25. The van der Waals surface area contributed by atoms with Gasteiger partial charge in [-0.1, -0.05) is 23.9 Å². The number of thioether (sulfide) groups is 1. The van der Waals surface area contributed by atoms with Crippen molar-refractivity contribution in [2.24, 2.45) is 0 Å². The van der Waals surface area contributed by atoms with E-state index in [1.807, 2.05) is 0 Å². The quantitative estimate of drug-likeness (QED) is 0.536. The van der Waals surface area contributed by atoms with Gasteiger partial charge in [0, 0.05) is 0 Å². The SMILES string of the molecule is COC(=O)CSc1ccccc1[O-]. The lowest BCUT2D eigenvalue weighted by Gasteiger charge is -2.10. The lowest BCUT2D eigenvalue weighted by Crippen LogP contribution is -2.03. The predicted molar refractivity (Wildman–Crippen MR) is 48.6 cm³/mol. The van der Waals surface area contributed by atoms with Crippen LogP contribution in [0.2, 0.25) is 0 Å². The minimum atomic E-state index is -0.326. The molecule has 0 saturated carbocycles. The Bertz CT molecular complexity index is 299. The Hall–Kier alpha value is -1.16. The Kier molecular flexibility index (Phi) is 3.64. The average molecular weight is 197 g/mol. The molecule has 1 aromatic rings. The summed E-state index contributed by atoms with van der Waals surface area (Å²) in [6, 6.07) is 6.60. The molecule has 0 radical (unpaired) electrons. The summed E-state index contributed by atoms with van der Waals surface area (Å²) >= 11 is 1.19. The minimum Gasteiger partial charge on any atom is -0.872 e. The normalized spacial score (nSPS) is 9.62. The third-order valence-electron chi connectivity index (χ3n) is 1.42. The van der Waals surface area contributed by atoms with E-state index in [0.717, 1.165) is 0 Å². The van der Waals surface area contributed by atoms with Gasteiger partial charge >= 0.3 is 5.97 Å². The fourth-order valence-electron chi connectivity index (χ4n) is 0.765. The molecule has 13 heavy (non-hydrogen) atoms. The molecule has 3 nitrogen and oxygen atoms in total. The maximum absolute atomic E-state index is 11.1. The third kappa shape index (κ3) is 2.99. The van der Waals surface area contributed by atoms with Gasteiger partial charge in [0.2, 0.25) is 0 Å². The first-order valence-corrected chi connectivity index (χ1v) is 4.68. The number of benzene rings is 1. The molecule has 0 aliphatic rings. The lowest BCUT2D eigenvalue weighted by atomic mass is 10.3. The van der Waals surface area contributed by atoms with Crippen molar-refractivity contribution in [3.63, 3.8) is 0 Å². The number of carbonyl (C=O) groups is 1. The van der Waals surface area contributed by atoms with Gasteiger partial charge in [0.05, 0.1) is 12.9 Å². The number of rotatable bonds is 3. The van der Waals surface area contributed by atoms with Gasteiger partial charge < -0.3 is 9.84 Å². The van der Waals surface area contributed by atoms with E-state index >= 15 is 0 Å². The molecule has 0 atom stereocenters. The highest BCUT2D eigenvalue weighted by atomic mass is 32.2. The molecule has 70 valence electrons. The van der Waals surface area contributed by atoms with Crippen molar-refractivity contribution < 1.29 is 14.6 Å². The molecular weight excluding hydrogens is 188 g/mol. The topological polar surface area (TPSA) is 49.4 Å². The van der Waals surface area contributed by atoms with Gasteiger partial charge in [-0.2, -0.15) is 0 Å². The summed E-state index contributed by atoms with van der Waals surface area (Å²) in [4.78, 5) is 11.3. The van der Waals surface area contributed by atoms with Crippen molar-refractivity contribution in [2.45, 2.75) is 4.90 Å². The van der Waals surface area contributed by atoms with Crippen LogP contribution < -0.4 is 5.11 Å². The molecule has 0 aromatic heterocycles. The van der Waals surface area contributed by atoms with Crippen molar-refractivity contribution in [1.82, 2.24) is 0 Å². The summed E-state index contributed by atoms with van der Waals surface area (Å²) in [5, 5.41) is 11.1. The highest BCUT2D eigenvalue weighted by Gasteiger charge is 2.01. The monoisotopic (exact) mass is 197 g/mol. The van der Waals surface area contributed by atoms with Crippen LogP contribution >= 0.6 is 11.8 Å². The maximum atomic E-state index is 11.1. The Morgan fingerprint density at radius 1 is 1.54 bits per heavy atom. The molecule has 1 aromatic carbocycles. The molecule has 4 heteroatoms. The molecule has 0 amide bonds. The lowest BCUT2D eigenvalue weighted by molar-refractivity contribution is -0.272. The molecule has 1 rings (SSSR count). The number of methoxy groups -OCH3 is 1. The summed E-state index contributed by atoms with van der Waals surface area (Å²) in [7, 11) is 1.33. The van der Waals surface area contributed by atoms with E-state index in [9.17, 15) is 9.90 Å². The number of carbonyl (C=O) groups excluding carboxylic acids is 1. The van der Waals surface area contributed by atoms with Gasteiger partial charge in [-0.15, -0.1) is 11.8 Å². The minimum absolute atomic E-state index is 0.0589. The van der Waals surface area contributed by atoms with Crippen molar-refractivity contribution in [1.29, 1.82) is 0 Å². The zero-order chi connectivity index (χ0) is 9.68. The van der Waals surface area contributed by atoms with Gasteiger partial charge in [0.25, 0.3) is 0 Å². The van der Waals surface area contributed by atoms with Crippen LogP contribution in [0.3, 0.4) is 0 Å². The van der Waals surface area contributed by atoms with E-state index in [0.29, 0.717) is 4.90 Å². The highest BCUT2D eigenvalue weighted by molar-refractivity contribution is 8.00. The maximum Gasteiger partial charge on any atom is 0.315 e. The number of ether oxygens (including phenoxy) is 1. The molecule has 0 unspecified atom stereocenters. The van der Waals surface area contributed by atoms with Crippen LogP contribution in [0.25, 0.3) is 0 Å². The smallest absolute Gasteiger partial charge is 0.315 e. The first-order valence-electron chi connectivity index (χ1n) is 3.69. The summed E-state index contributed by atoms with van der Waals surface area (Å²) in [6.45, 7) is 0. The molecule has 0 heterocycles. The number of hydrogen-bond acceptors (Lipinski definition) is 4. The molecule has 0 aliphatic carbocycles. The number of esters is 1. The van der Waals surface area contributed by atoms with Gasteiger partial charge in [0.1, 0.15) is 0 Å². The van der Waals surface area contributed by atoms with Crippen LogP contribution in [0.5, 0.6) is 5.75 Å². The van der Waals surface area contributed by atoms with Gasteiger partial charge in [0.15, 0.2) is 0 Å². The molecule has 0 spiro atoms. The van der Waals surface area contributed by atoms with Gasteiger partial charge in [-0.25, -0.2) is 0 Å². The second kappa shape index (κ2) is 4.77. The third-order valence-corrected chi connectivity index (χ3v) is 2.45. The first-order chi connectivity index (χ1) is 6.24. The van der Waals surface area contributed by atoms with Gasteiger partial charge in [-0.05, 0) is 11.0 Å². The standard InChI is InChI=1S/C9H10O3S/c1-12-9(11)6-13-8-5-3-2-4-7(8)10/h2-5,10H,6H2,1H3/p-1. The largest absolute Gasteiger partial charge is 0.872 e. The van der Waals surface area contributed by atoms with Crippen LogP contribution in [-0.4, -0.2) is 18.8 Å². The fourth-order valence-corrected chi connectivity index (χ4v) is 1.54. The van der Waals surface area contributed by atoms with E-state index in [1.165, 1.54) is 24.9 Å². The second-order valence-corrected chi connectivity index (χ2v) is 3.33. The first kappa shape index (κ1) is 9.92. The zero-order valence-corrected chi connectivity index (χ0v) is 7.97. The Labute approximate surface area is 80.7 Å². The van der Waals surface area contributed by atoms with E-state index < -0.39 is 0 Å². The van der Waals surface area contributed by atoms with E-state index in [4.69, 9.17) is 0 Å². The molecule has 0 bridgehead atoms. The Balaban J connectivity index is 2.54. The summed E-state index contributed by atoms with van der Waals surface area (Å²) in [5.74, 6) is -0.208. The van der Waals surface area contributed by atoms with Crippen molar-refractivity contribution in [2.75, 3.05) is 12.9 Å². The van der Waals surface area contributed by atoms with Gasteiger partial charge in [-0.3, -0.25) is 4.79 Å². The van der Waals surface area contributed by atoms with Crippen molar-refractivity contribution in [3.05, 3.63) is 24.3 Å². The molecule has 0 aliphatic heterocycles. The van der Waals surface area contributed by atoms with E-state index in [1.54, 1.807) is 18.2 Å². The van der Waals surface area contributed by atoms with Crippen LogP contribution in [0.1, 0.15) is 0 Å². The summed E-state index contributed by atoms with van der Waals surface area (Å²) in [6.07, 6.45) is 0. The molecular formula is C9H9O3S-.